The van der Waals surface area contributed by atoms with Crippen molar-refractivity contribution in [1.82, 2.24) is 10.2 Å². The number of aryl methyl sites for hydroxylation is 1. The van der Waals surface area contributed by atoms with Crippen LogP contribution in [0.5, 0.6) is 0 Å². The number of amides is 2. The first-order valence-electron chi connectivity index (χ1n) is 7.85. The summed E-state index contributed by atoms with van der Waals surface area (Å²) in [6.07, 6.45) is 3.99. The van der Waals surface area contributed by atoms with E-state index in [0.717, 1.165) is 19.3 Å². The van der Waals surface area contributed by atoms with Crippen molar-refractivity contribution >= 4 is 11.8 Å². The molecule has 2 atom stereocenters. The second-order valence-corrected chi connectivity index (χ2v) is 5.98. The van der Waals surface area contributed by atoms with Gasteiger partial charge in [-0.1, -0.05) is 31.2 Å². The molecule has 2 amide bonds. The molecule has 4 heteroatoms. The van der Waals surface area contributed by atoms with Gasteiger partial charge in [0.1, 0.15) is 6.04 Å². The van der Waals surface area contributed by atoms with Crippen LogP contribution in [0.15, 0.2) is 24.3 Å². The lowest BCUT2D eigenvalue weighted by Crippen LogP contribution is -2.49. The highest BCUT2D eigenvalue weighted by Crippen LogP contribution is 2.25. The zero-order valence-corrected chi connectivity index (χ0v) is 12.5. The first-order valence-corrected chi connectivity index (χ1v) is 7.85. The van der Waals surface area contributed by atoms with Crippen LogP contribution in [0, 0.1) is 0 Å². The van der Waals surface area contributed by atoms with E-state index in [1.807, 2.05) is 11.8 Å². The van der Waals surface area contributed by atoms with Gasteiger partial charge in [-0.3, -0.25) is 9.59 Å². The monoisotopic (exact) mass is 286 g/mol. The molecule has 1 N–H and O–H groups in total. The summed E-state index contributed by atoms with van der Waals surface area (Å²) in [4.78, 5) is 26.3. The van der Waals surface area contributed by atoms with Gasteiger partial charge in [0, 0.05) is 19.0 Å². The fourth-order valence-electron chi connectivity index (χ4n) is 3.44. The minimum Gasteiger partial charge on any atom is -0.344 e. The van der Waals surface area contributed by atoms with Crippen molar-refractivity contribution in [2.45, 2.75) is 51.1 Å². The molecule has 1 aromatic carbocycles. The molecule has 0 radical (unpaired) electrons. The number of benzene rings is 1. The molecular formula is C17H22N2O2. The molecule has 1 fully saturated rings. The second-order valence-electron chi connectivity index (χ2n) is 5.98. The molecule has 112 valence electrons. The van der Waals surface area contributed by atoms with Crippen molar-refractivity contribution in [3.05, 3.63) is 35.4 Å². The highest BCUT2D eigenvalue weighted by molar-refractivity contribution is 5.90. The predicted molar refractivity (Wildman–Crippen MR) is 80.8 cm³/mol. The minimum absolute atomic E-state index is 0.00564. The predicted octanol–water partition coefficient (Wildman–Crippen LogP) is 1.67. The van der Waals surface area contributed by atoms with Crippen LogP contribution in [-0.2, 0) is 22.4 Å². The van der Waals surface area contributed by atoms with Crippen molar-refractivity contribution in [3.63, 3.8) is 0 Å². The SMILES string of the molecule is CCC1NC(=O)CCN(C2CCc3ccccc3C2)C1=O. The second kappa shape index (κ2) is 5.88. The average molecular weight is 286 g/mol. The van der Waals surface area contributed by atoms with Crippen LogP contribution >= 0.6 is 0 Å². The summed E-state index contributed by atoms with van der Waals surface area (Å²) in [5, 5.41) is 2.84. The third-order valence-corrected chi connectivity index (χ3v) is 4.67. The Bertz CT molecular complexity index is 555. The average Bonchev–Trinajstić information content (AvgIpc) is 2.66. The summed E-state index contributed by atoms with van der Waals surface area (Å²) < 4.78 is 0. The van der Waals surface area contributed by atoms with Crippen LogP contribution in [0.25, 0.3) is 0 Å². The summed E-state index contributed by atoms with van der Waals surface area (Å²) >= 11 is 0. The van der Waals surface area contributed by atoms with E-state index in [9.17, 15) is 9.59 Å². The topological polar surface area (TPSA) is 49.4 Å². The lowest BCUT2D eigenvalue weighted by atomic mass is 9.87. The summed E-state index contributed by atoms with van der Waals surface area (Å²) in [7, 11) is 0. The lowest BCUT2D eigenvalue weighted by Gasteiger charge is -2.35. The van der Waals surface area contributed by atoms with Gasteiger partial charge in [0.25, 0.3) is 0 Å². The van der Waals surface area contributed by atoms with Crippen molar-refractivity contribution in [2.24, 2.45) is 0 Å². The molecular weight excluding hydrogens is 264 g/mol. The van der Waals surface area contributed by atoms with Gasteiger partial charge in [0.05, 0.1) is 0 Å². The van der Waals surface area contributed by atoms with Crippen molar-refractivity contribution < 1.29 is 9.59 Å². The van der Waals surface area contributed by atoms with Gasteiger partial charge in [0.15, 0.2) is 0 Å². The molecule has 1 aromatic rings. The molecule has 2 aliphatic rings. The molecule has 4 nitrogen and oxygen atoms in total. The number of nitrogens with zero attached hydrogens (tertiary/aromatic N) is 1. The Labute approximate surface area is 125 Å². The Kier molecular flexibility index (Phi) is 3.95. The van der Waals surface area contributed by atoms with Crippen LogP contribution in [-0.4, -0.2) is 35.3 Å². The number of nitrogens with one attached hydrogen (secondary N) is 1. The highest BCUT2D eigenvalue weighted by atomic mass is 16.2. The number of hydrogen-bond donors (Lipinski definition) is 1. The maximum absolute atomic E-state index is 12.6. The van der Waals surface area contributed by atoms with E-state index >= 15 is 0 Å². The normalized spacial score (nSPS) is 26.0. The molecule has 21 heavy (non-hydrogen) atoms. The van der Waals surface area contributed by atoms with E-state index < -0.39 is 0 Å². The van der Waals surface area contributed by atoms with Gasteiger partial charge < -0.3 is 10.2 Å². The third-order valence-electron chi connectivity index (χ3n) is 4.67. The van der Waals surface area contributed by atoms with Crippen LogP contribution < -0.4 is 5.32 Å². The first-order chi connectivity index (χ1) is 10.2. The van der Waals surface area contributed by atoms with Crippen LogP contribution in [0.4, 0.5) is 0 Å². The Balaban J connectivity index is 1.80. The van der Waals surface area contributed by atoms with Gasteiger partial charge in [-0.25, -0.2) is 0 Å². The Morgan fingerprint density at radius 3 is 2.71 bits per heavy atom. The van der Waals surface area contributed by atoms with E-state index in [4.69, 9.17) is 0 Å². The summed E-state index contributed by atoms with van der Waals surface area (Å²) in [6.45, 7) is 2.50. The first kappa shape index (κ1) is 14.1. The molecule has 1 saturated heterocycles. The minimum atomic E-state index is -0.350. The smallest absolute Gasteiger partial charge is 0.245 e. The number of rotatable bonds is 2. The molecule has 0 saturated carbocycles. The van der Waals surface area contributed by atoms with Crippen molar-refractivity contribution in [3.8, 4) is 0 Å². The fourth-order valence-corrected chi connectivity index (χ4v) is 3.44. The maximum Gasteiger partial charge on any atom is 0.245 e. The molecule has 0 aromatic heterocycles. The molecule has 0 bridgehead atoms. The largest absolute Gasteiger partial charge is 0.344 e. The van der Waals surface area contributed by atoms with Crippen molar-refractivity contribution in [2.75, 3.05) is 6.54 Å². The fraction of sp³-hybridized carbons (Fsp3) is 0.529. The molecule has 1 heterocycles. The Morgan fingerprint density at radius 1 is 1.19 bits per heavy atom. The zero-order chi connectivity index (χ0) is 14.8. The van der Waals surface area contributed by atoms with E-state index in [1.54, 1.807) is 0 Å². The number of fused-ring (bicyclic) bond motifs is 1. The lowest BCUT2D eigenvalue weighted by molar-refractivity contribution is -0.135. The van der Waals surface area contributed by atoms with Crippen LogP contribution in [0.3, 0.4) is 0 Å². The van der Waals surface area contributed by atoms with Gasteiger partial charge in [-0.15, -0.1) is 0 Å². The van der Waals surface area contributed by atoms with E-state index in [1.165, 1.54) is 11.1 Å². The summed E-state index contributed by atoms with van der Waals surface area (Å²) in [6, 6.07) is 8.35. The van der Waals surface area contributed by atoms with Gasteiger partial charge in [-0.05, 0) is 36.8 Å². The van der Waals surface area contributed by atoms with Crippen LogP contribution in [0.1, 0.15) is 37.3 Å². The number of hydrogen-bond acceptors (Lipinski definition) is 2. The molecule has 0 spiro atoms. The quantitative estimate of drug-likeness (QED) is 0.899. The zero-order valence-electron chi connectivity index (χ0n) is 12.5. The third kappa shape index (κ3) is 2.80. The Hall–Kier alpha value is -1.84. The maximum atomic E-state index is 12.6. The molecule has 3 rings (SSSR count). The standard InChI is InChI=1S/C17H22N2O2/c1-2-15-17(21)19(10-9-16(20)18-15)14-8-7-12-5-3-4-6-13(12)11-14/h3-6,14-15H,2,7-11H2,1H3,(H,18,20). The van der Waals surface area contributed by atoms with E-state index in [-0.39, 0.29) is 23.9 Å². The molecule has 2 unspecified atom stereocenters. The highest BCUT2D eigenvalue weighted by Gasteiger charge is 2.34. The number of carbonyl (C=O) groups is 2. The van der Waals surface area contributed by atoms with Crippen LogP contribution in [0.2, 0.25) is 0 Å². The number of carbonyl (C=O) groups excluding carboxylic acids is 2. The molecule has 1 aliphatic heterocycles. The van der Waals surface area contributed by atoms with E-state index in [2.05, 4.69) is 29.6 Å². The molecule has 1 aliphatic carbocycles. The Morgan fingerprint density at radius 2 is 1.95 bits per heavy atom. The van der Waals surface area contributed by atoms with Crippen molar-refractivity contribution in [1.29, 1.82) is 0 Å². The summed E-state index contributed by atoms with van der Waals surface area (Å²) in [5.74, 6) is 0.0849. The summed E-state index contributed by atoms with van der Waals surface area (Å²) in [5.41, 5.74) is 2.75. The van der Waals surface area contributed by atoms with Gasteiger partial charge in [0.2, 0.25) is 11.8 Å². The van der Waals surface area contributed by atoms with E-state index in [0.29, 0.717) is 19.4 Å². The van der Waals surface area contributed by atoms with Gasteiger partial charge in [-0.2, -0.15) is 0 Å². The van der Waals surface area contributed by atoms with Gasteiger partial charge >= 0.3 is 0 Å².